The lowest BCUT2D eigenvalue weighted by Crippen LogP contribution is -2.29. The van der Waals surface area contributed by atoms with Gasteiger partial charge in [-0.05, 0) is 60.7 Å². The van der Waals surface area contributed by atoms with Gasteiger partial charge in [-0.3, -0.25) is 19.5 Å². The van der Waals surface area contributed by atoms with Crippen LogP contribution in [0.15, 0.2) is 65.8 Å². The number of rotatable bonds is 3. The van der Waals surface area contributed by atoms with Gasteiger partial charge in [0, 0.05) is 28.5 Å². The SMILES string of the molecule is Cc1cccc(N2C(=O)C(=O)/C(=C(\O)c3ccncc3)C2c2sccc2C)c1. The molecule has 1 aliphatic rings. The highest BCUT2D eigenvalue weighted by Crippen LogP contribution is 2.44. The molecule has 140 valence electrons. The van der Waals surface area contributed by atoms with Crippen molar-refractivity contribution in [1.82, 2.24) is 4.98 Å². The Labute approximate surface area is 166 Å². The number of carbonyl (C=O) groups is 2. The van der Waals surface area contributed by atoms with Crippen LogP contribution >= 0.6 is 11.3 Å². The minimum atomic E-state index is -0.686. The van der Waals surface area contributed by atoms with Crippen molar-refractivity contribution in [3.8, 4) is 0 Å². The molecule has 1 N–H and O–H groups in total. The fourth-order valence-corrected chi connectivity index (χ4v) is 4.48. The molecule has 1 atom stereocenters. The van der Waals surface area contributed by atoms with Crippen molar-refractivity contribution in [3.05, 3.63) is 87.4 Å². The summed E-state index contributed by atoms with van der Waals surface area (Å²) >= 11 is 1.47. The molecule has 4 rings (SSSR count). The van der Waals surface area contributed by atoms with E-state index in [9.17, 15) is 14.7 Å². The second-order valence-electron chi connectivity index (χ2n) is 6.71. The maximum atomic E-state index is 13.0. The summed E-state index contributed by atoms with van der Waals surface area (Å²) in [7, 11) is 0. The van der Waals surface area contributed by atoms with Gasteiger partial charge >= 0.3 is 0 Å². The first kappa shape index (κ1) is 18.1. The van der Waals surface area contributed by atoms with E-state index in [1.807, 2.05) is 43.5 Å². The second-order valence-corrected chi connectivity index (χ2v) is 7.66. The lowest BCUT2D eigenvalue weighted by atomic mass is 9.98. The fourth-order valence-electron chi connectivity index (χ4n) is 3.45. The van der Waals surface area contributed by atoms with Crippen LogP contribution in [0.4, 0.5) is 5.69 Å². The van der Waals surface area contributed by atoms with Crippen molar-refractivity contribution in [3.63, 3.8) is 0 Å². The molecule has 1 saturated heterocycles. The van der Waals surface area contributed by atoms with Crippen LogP contribution in [-0.2, 0) is 9.59 Å². The standard InChI is InChI=1S/C22H18N2O3S/c1-13-4-3-5-16(12-13)24-18(21-14(2)8-11-28-21)17(20(26)22(24)27)19(25)15-6-9-23-10-7-15/h3-12,18,25H,1-2H3/b19-17-. The number of aromatic nitrogens is 1. The smallest absolute Gasteiger partial charge is 0.300 e. The molecular weight excluding hydrogens is 372 g/mol. The molecule has 3 aromatic rings. The average molecular weight is 390 g/mol. The molecule has 1 aliphatic heterocycles. The van der Waals surface area contributed by atoms with Gasteiger partial charge in [0.25, 0.3) is 11.7 Å². The van der Waals surface area contributed by atoms with E-state index >= 15 is 0 Å². The summed E-state index contributed by atoms with van der Waals surface area (Å²) in [6.07, 6.45) is 3.08. The molecule has 0 aliphatic carbocycles. The van der Waals surface area contributed by atoms with E-state index in [1.54, 1.807) is 18.2 Å². The highest BCUT2D eigenvalue weighted by atomic mass is 32.1. The van der Waals surface area contributed by atoms with Crippen LogP contribution in [0.1, 0.15) is 27.6 Å². The predicted molar refractivity (Wildman–Crippen MR) is 109 cm³/mol. The van der Waals surface area contributed by atoms with Gasteiger partial charge in [-0.2, -0.15) is 0 Å². The number of amides is 1. The third kappa shape index (κ3) is 2.92. The van der Waals surface area contributed by atoms with E-state index in [-0.39, 0.29) is 11.3 Å². The van der Waals surface area contributed by atoms with Crippen LogP contribution in [0.25, 0.3) is 5.76 Å². The molecule has 2 aromatic heterocycles. The van der Waals surface area contributed by atoms with E-state index in [4.69, 9.17) is 0 Å². The number of hydrogen-bond acceptors (Lipinski definition) is 5. The van der Waals surface area contributed by atoms with E-state index in [2.05, 4.69) is 4.98 Å². The lowest BCUT2D eigenvalue weighted by molar-refractivity contribution is -0.132. The molecule has 3 heterocycles. The second kappa shape index (κ2) is 7.05. The van der Waals surface area contributed by atoms with E-state index in [0.717, 1.165) is 16.0 Å². The topological polar surface area (TPSA) is 70.5 Å². The molecule has 0 saturated carbocycles. The number of aryl methyl sites for hydroxylation is 2. The zero-order valence-corrected chi connectivity index (χ0v) is 16.2. The summed E-state index contributed by atoms with van der Waals surface area (Å²) in [5.74, 6) is -1.51. The monoisotopic (exact) mass is 390 g/mol. The number of thiophene rings is 1. The summed E-state index contributed by atoms with van der Waals surface area (Å²) in [6, 6.07) is 12.0. The van der Waals surface area contributed by atoms with Crippen molar-refractivity contribution in [1.29, 1.82) is 0 Å². The summed E-state index contributed by atoms with van der Waals surface area (Å²) in [5.41, 5.74) is 3.14. The molecule has 0 spiro atoms. The Hall–Kier alpha value is -3.25. The average Bonchev–Trinajstić information content (AvgIpc) is 3.23. The number of ketones is 1. The van der Waals surface area contributed by atoms with Crippen molar-refractivity contribution in [2.75, 3.05) is 4.90 Å². The van der Waals surface area contributed by atoms with Gasteiger partial charge in [0.2, 0.25) is 0 Å². The Bertz CT molecular complexity index is 1100. The van der Waals surface area contributed by atoms with E-state index in [1.165, 1.54) is 28.6 Å². The number of Topliss-reactive ketones (excluding diaryl/α,β-unsaturated/α-hetero) is 1. The zero-order valence-electron chi connectivity index (χ0n) is 15.4. The van der Waals surface area contributed by atoms with Crippen molar-refractivity contribution in [2.24, 2.45) is 0 Å². The number of pyridine rings is 1. The molecular formula is C22H18N2O3S. The number of carbonyl (C=O) groups excluding carboxylic acids is 2. The minimum Gasteiger partial charge on any atom is -0.507 e. The number of hydrogen-bond donors (Lipinski definition) is 1. The van der Waals surface area contributed by atoms with Gasteiger partial charge in [0.15, 0.2) is 0 Å². The van der Waals surface area contributed by atoms with E-state index < -0.39 is 17.7 Å². The summed E-state index contributed by atoms with van der Waals surface area (Å²) in [5, 5.41) is 12.9. The molecule has 1 unspecified atom stereocenters. The first-order chi connectivity index (χ1) is 13.5. The molecule has 28 heavy (non-hydrogen) atoms. The number of anilines is 1. The Balaban J connectivity index is 1.97. The quantitative estimate of drug-likeness (QED) is 0.409. The number of aliphatic hydroxyl groups is 1. The Morgan fingerprint density at radius 1 is 1.11 bits per heavy atom. The summed E-state index contributed by atoms with van der Waals surface area (Å²) < 4.78 is 0. The first-order valence-electron chi connectivity index (χ1n) is 8.81. The highest BCUT2D eigenvalue weighted by Gasteiger charge is 2.47. The summed E-state index contributed by atoms with van der Waals surface area (Å²) in [6.45, 7) is 3.87. The maximum absolute atomic E-state index is 13.0. The first-order valence-corrected chi connectivity index (χ1v) is 9.69. The van der Waals surface area contributed by atoms with Gasteiger partial charge in [0.1, 0.15) is 11.8 Å². The fraction of sp³-hybridized carbons (Fsp3) is 0.136. The molecule has 1 amide bonds. The van der Waals surface area contributed by atoms with Crippen LogP contribution in [0.3, 0.4) is 0 Å². The van der Waals surface area contributed by atoms with Crippen LogP contribution in [0.2, 0.25) is 0 Å². The third-order valence-electron chi connectivity index (χ3n) is 4.83. The molecule has 0 bridgehead atoms. The zero-order chi connectivity index (χ0) is 19.8. The van der Waals surface area contributed by atoms with Gasteiger partial charge in [-0.15, -0.1) is 11.3 Å². The number of benzene rings is 1. The largest absolute Gasteiger partial charge is 0.507 e. The molecule has 1 aromatic carbocycles. The van der Waals surface area contributed by atoms with Crippen molar-refractivity contribution >= 4 is 34.5 Å². The molecule has 6 heteroatoms. The predicted octanol–water partition coefficient (Wildman–Crippen LogP) is 4.39. The number of nitrogens with zero attached hydrogens (tertiary/aromatic N) is 2. The number of aliphatic hydroxyl groups excluding tert-OH is 1. The Morgan fingerprint density at radius 3 is 2.50 bits per heavy atom. The normalized spacial score (nSPS) is 18.6. The van der Waals surface area contributed by atoms with Crippen LogP contribution in [0, 0.1) is 13.8 Å². The minimum absolute atomic E-state index is 0.100. The third-order valence-corrected chi connectivity index (χ3v) is 5.90. The summed E-state index contributed by atoms with van der Waals surface area (Å²) in [4.78, 5) is 32.3. The molecule has 1 fully saturated rings. The highest BCUT2D eigenvalue weighted by molar-refractivity contribution is 7.10. The van der Waals surface area contributed by atoms with Crippen molar-refractivity contribution in [2.45, 2.75) is 19.9 Å². The van der Waals surface area contributed by atoms with Crippen LogP contribution < -0.4 is 4.90 Å². The Morgan fingerprint density at radius 2 is 1.86 bits per heavy atom. The van der Waals surface area contributed by atoms with Crippen molar-refractivity contribution < 1.29 is 14.7 Å². The van der Waals surface area contributed by atoms with Crippen LogP contribution in [-0.4, -0.2) is 21.8 Å². The van der Waals surface area contributed by atoms with E-state index in [0.29, 0.717) is 11.3 Å². The Kier molecular flexibility index (Phi) is 4.57. The van der Waals surface area contributed by atoms with Crippen LogP contribution in [0.5, 0.6) is 0 Å². The van der Waals surface area contributed by atoms with Gasteiger partial charge in [0.05, 0.1) is 5.57 Å². The lowest BCUT2D eigenvalue weighted by Gasteiger charge is -2.25. The van der Waals surface area contributed by atoms with Gasteiger partial charge in [-0.25, -0.2) is 0 Å². The van der Waals surface area contributed by atoms with Gasteiger partial charge < -0.3 is 5.11 Å². The van der Waals surface area contributed by atoms with Gasteiger partial charge in [-0.1, -0.05) is 12.1 Å². The molecule has 0 radical (unpaired) electrons. The maximum Gasteiger partial charge on any atom is 0.300 e. The molecule has 5 nitrogen and oxygen atoms in total.